The molecular weight excluding hydrogens is 298 g/mol. The Morgan fingerprint density at radius 2 is 2.00 bits per heavy atom. The maximum absolute atomic E-state index is 12.3. The number of carbonyl (C=O) groups is 1. The molecule has 0 saturated heterocycles. The number of carbonyl (C=O) groups excluding carboxylic acids is 1. The first-order chi connectivity index (χ1) is 10.8. The zero-order valence-corrected chi connectivity index (χ0v) is 12.9. The molecule has 5 heteroatoms. The minimum Gasteiger partial charge on any atom is -0.497 e. The number of aromatic nitrogens is 1. The lowest BCUT2D eigenvalue weighted by molar-refractivity contribution is 0.0478. The standard InChI is InChI=1S/C17H15NO3S/c1-20-14-6-4-5-13(11-14)12-21-17(19)16-15(7-10-22-16)18-8-2-3-9-18/h2-11H,12H2,1H3. The molecule has 0 unspecified atom stereocenters. The third-order valence-corrected chi connectivity index (χ3v) is 4.10. The van der Waals surface area contributed by atoms with Crippen LogP contribution in [-0.2, 0) is 11.3 Å². The number of ether oxygens (including phenoxy) is 2. The molecule has 0 aliphatic carbocycles. The lowest BCUT2D eigenvalue weighted by atomic mass is 10.2. The predicted molar refractivity (Wildman–Crippen MR) is 85.8 cm³/mol. The summed E-state index contributed by atoms with van der Waals surface area (Å²) in [6.45, 7) is 0.221. The second kappa shape index (κ2) is 6.49. The van der Waals surface area contributed by atoms with Gasteiger partial charge in [0.15, 0.2) is 0 Å². The summed E-state index contributed by atoms with van der Waals surface area (Å²) in [5.74, 6) is 0.430. The maximum atomic E-state index is 12.3. The first-order valence-electron chi connectivity index (χ1n) is 6.79. The molecular formula is C17H15NO3S. The van der Waals surface area contributed by atoms with Crippen molar-refractivity contribution in [1.29, 1.82) is 0 Å². The third-order valence-electron chi connectivity index (χ3n) is 3.22. The Morgan fingerprint density at radius 1 is 1.18 bits per heavy atom. The highest BCUT2D eigenvalue weighted by Crippen LogP contribution is 2.23. The number of hydrogen-bond donors (Lipinski definition) is 0. The molecule has 1 aromatic carbocycles. The van der Waals surface area contributed by atoms with Crippen LogP contribution in [0.25, 0.3) is 5.69 Å². The number of esters is 1. The summed E-state index contributed by atoms with van der Waals surface area (Å²) < 4.78 is 12.5. The molecule has 0 bridgehead atoms. The summed E-state index contributed by atoms with van der Waals surface area (Å²) in [6, 6.07) is 13.2. The minimum absolute atomic E-state index is 0.221. The molecule has 3 aromatic rings. The Labute approximate surface area is 132 Å². The average molecular weight is 313 g/mol. The monoisotopic (exact) mass is 313 g/mol. The van der Waals surface area contributed by atoms with E-state index in [2.05, 4.69) is 0 Å². The van der Waals surface area contributed by atoms with Gasteiger partial charge in [-0.05, 0) is 41.3 Å². The van der Waals surface area contributed by atoms with Gasteiger partial charge in [-0.15, -0.1) is 11.3 Å². The van der Waals surface area contributed by atoms with Gasteiger partial charge in [0.25, 0.3) is 0 Å². The third kappa shape index (κ3) is 3.04. The van der Waals surface area contributed by atoms with Gasteiger partial charge in [0.05, 0.1) is 12.8 Å². The fourth-order valence-electron chi connectivity index (χ4n) is 2.13. The van der Waals surface area contributed by atoms with Crippen LogP contribution < -0.4 is 4.74 Å². The fourth-order valence-corrected chi connectivity index (χ4v) is 2.91. The molecule has 4 nitrogen and oxygen atoms in total. The summed E-state index contributed by atoms with van der Waals surface area (Å²) >= 11 is 1.38. The molecule has 0 fully saturated rings. The van der Waals surface area contributed by atoms with E-state index in [1.165, 1.54) is 11.3 Å². The van der Waals surface area contributed by atoms with E-state index in [1.54, 1.807) is 7.11 Å². The number of thiophene rings is 1. The Hall–Kier alpha value is -2.53. The van der Waals surface area contributed by atoms with Gasteiger partial charge in [0, 0.05) is 12.4 Å². The van der Waals surface area contributed by atoms with Crippen molar-refractivity contribution in [3.05, 3.63) is 70.7 Å². The number of methoxy groups -OCH3 is 1. The van der Waals surface area contributed by atoms with Crippen molar-refractivity contribution in [2.24, 2.45) is 0 Å². The molecule has 0 amide bonds. The quantitative estimate of drug-likeness (QED) is 0.671. The molecule has 2 aromatic heterocycles. The van der Waals surface area contributed by atoms with E-state index in [9.17, 15) is 4.79 Å². The van der Waals surface area contributed by atoms with Crippen molar-refractivity contribution in [2.75, 3.05) is 7.11 Å². The second-order valence-electron chi connectivity index (χ2n) is 4.65. The molecule has 0 saturated carbocycles. The van der Waals surface area contributed by atoms with Crippen LogP contribution in [0.4, 0.5) is 0 Å². The first-order valence-corrected chi connectivity index (χ1v) is 7.67. The lowest BCUT2D eigenvalue weighted by Crippen LogP contribution is -2.06. The van der Waals surface area contributed by atoms with Gasteiger partial charge in [0.1, 0.15) is 17.2 Å². The van der Waals surface area contributed by atoms with Crippen molar-refractivity contribution in [3.63, 3.8) is 0 Å². The van der Waals surface area contributed by atoms with Gasteiger partial charge in [-0.25, -0.2) is 4.79 Å². The van der Waals surface area contributed by atoms with Crippen molar-refractivity contribution in [1.82, 2.24) is 4.57 Å². The highest BCUT2D eigenvalue weighted by molar-refractivity contribution is 7.12. The average Bonchev–Trinajstić information content (AvgIpc) is 3.23. The van der Waals surface area contributed by atoms with E-state index < -0.39 is 0 Å². The van der Waals surface area contributed by atoms with Crippen molar-refractivity contribution in [3.8, 4) is 11.4 Å². The smallest absolute Gasteiger partial charge is 0.350 e. The van der Waals surface area contributed by atoms with E-state index in [1.807, 2.05) is 64.8 Å². The Balaban J connectivity index is 1.71. The first kappa shape index (κ1) is 14.4. The van der Waals surface area contributed by atoms with Crippen molar-refractivity contribution < 1.29 is 14.3 Å². The number of hydrogen-bond acceptors (Lipinski definition) is 4. The fraction of sp³-hybridized carbons (Fsp3) is 0.118. The van der Waals surface area contributed by atoms with Gasteiger partial charge in [-0.1, -0.05) is 12.1 Å². The number of benzene rings is 1. The van der Waals surface area contributed by atoms with Crippen LogP contribution >= 0.6 is 11.3 Å². The molecule has 0 aliphatic rings. The zero-order valence-electron chi connectivity index (χ0n) is 12.1. The lowest BCUT2D eigenvalue weighted by Gasteiger charge is -2.07. The Morgan fingerprint density at radius 3 is 2.77 bits per heavy atom. The minimum atomic E-state index is -0.318. The van der Waals surface area contributed by atoms with Gasteiger partial charge in [-0.3, -0.25) is 0 Å². The molecule has 0 N–H and O–H groups in total. The summed E-state index contributed by atoms with van der Waals surface area (Å²) in [5.41, 5.74) is 1.73. The number of nitrogens with zero attached hydrogens (tertiary/aromatic N) is 1. The van der Waals surface area contributed by atoms with Gasteiger partial charge >= 0.3 is 5.97 Å². The molecule has 22 heavy (non-hydrogen) atoms. The Kier molecular flexibility index (Phi) is 4.25. The van der Waals surface area contributed by atoms with Gasteiger partial charge < -0.3 is 14.0 Å². The van der Waals surface area contributed by atoms with E-state index in [-0.39, 0.29) is 12.6 Å². The van der Waals surface area contributed by atoms with Crippen molar-refractivity contribution in [2.45, 2.75) is 6.61 Å². The summed E-state index contributed by atoms with van der Waals surface area (Å²) in [4.78, 5) is 12.9. The van der Waals surface area contributed by atoms with Gasteiger partial charge in [0.2, 0.25) is 0 Å². The molecule has 0 aliphatic heterocycles. The topological polar surface area (TPSA) is 40.5 Å². The normalized spacial score (nSPS) is 10.4. The highest BCUT2D eigenvalue weighted by Gasteiger charge is 2.15. The summed E-state index contributed by atoms with van der Waals surface area (Å²) in [7, 11) is 1.61. The van der Waals surface area contributed by atoms with Crippen molar-refractivity contribution >= 4 is 17.3 Å². The summed E-state index contributed by atoms with van der Waals surface area (Å²) in [5, 5.41) is 1.89. The molecule has 112 valence electrons. The maximum Gasteiger partial charge on any atom is 0.350 e. The van der Waals surface area contributed by atoms with Crippen LogP contribution in [0.2, 0.25) is 0 Å². The van der Waals surface area contributed by atoms with Crippen LogP contribution in [0, 0.1) is 0 Å². The van der Waals surface area contributed by atoms with E-state index in [4.69, 9.17) is 9.47 Å². The van der Waals surface area contributed by atoms with Crippen LogP contribution in [0.3, 0.4) is 0 Å². The SMILES string of the molecule is COc1cccc(COC(=O)c2sccc2-n2cccc2)c1. The molecule has 0 radical (unpaired) electrons. The van der Waals surface area contributed by atoms with E-state index >= 15 is 0 Å². The number of rotatable bonds is 5. The van der Waals surface area contributed by atoms with E-state index in [0.29, 0.717) is 4.88 Å². The predicted octanol–water partition coefficient (Wildman–Crippen LogP) is 3.90. The van der Waals surface area contributed by atoms with Crippen LogP contribution in [-0.4, -0.2) is 17.6 Å². The van der Waals surface area contributed by atoms with E-state index in [0.717, 1.165) is 17.0 Å². The largest absolute Gasteiger partial charge is 0.497 e. The zero-order chi connectivity index (χ0) is 15.4. The highest BCUT2D eigenvalue weighted by atomic mass is 32.1. The molecule has 0 spiro atoms. The second-order valence-corrected chi connectivity index (χ2v) is 5.57. The van der Waals surface area contributed by atoms with Crippen LogP contribution in [0.15, 0.2) is 60.2 Å². The van der Waals surface area contributed by atoms with Crippen LogP contribution in [0.5, 0.6) is 5.75 Å². The van der Waals surface area contributed by atoms with Gasteiger partial charge in [-0.2, -0.15) is 0 Å². The molecule has 2 heterocycles. The summed E-state index contributed by atoms with van der Waals surface area (Å²) in [6.07, 6.45) is 3.81. The van der Waals surface area contributed by atoms with Crippen LogP contribution in [0.1, 0.15) is 15.2 Å². The Bertz CT molecular complexity index is 762. The molecule has 3 rings (SSSR count). The molecule has 0 atom stereocenters.